The number of esters is 2. The van der Waals surface area contributed by atoms with Gasteiger partial charge in [0.25, 0.3) is 5.91 Å². The molecule has 0 aromatic heterocycles. The Kier molecular flexibility index (Phi) is 37.6. The summed E-state index contributed by atoms with van der Waals surface area (Å²) in [5.41, 5.74) is 0. The van der Waals surface area contributed by atoms with Crippen LogP contribution in [-0.2, 0) is 42.9 Å². The first-order valence-electron chi connectivity index (χ1n) is 26.0. The first-order chi connectivity index (χ1) is 33.2. The average Bonchev–Trinajstić information content (AvgIpc) is 3.34. The molecule has 0 aliphatic carbocycles. The molecule has 0 spiro atoms. The minimum absolute atomic E-state index is 0.0146. The molecule has 0 aromatic carbocycles. The number of aliphatic hydroxyl groups is 8. The summed E-state index contributed by atoms with van der Waals surface area (Å²) in [6.45, 7) is 3.21. The van der Waals surface area contributed by atoms with E-state index in [4.69, 9.17) is 18.9 Å². The summed E-state index contributed by atoms with van der Waals surface area (Å²) in [7, 11) is 0. The molecule has 20 heteroatoms. The van der Waals surface area contributed by atoms with Crippen LogP contribution < -0.4 is 16.0 Å². The number of hydrogen-bond donors (Lipinski definition) is 11. The lowest BCUT2D eigenvalue weighted by molar-refractivity contribution is -0.326. The lowest BCUT2D eigenvalue weighted by Gasteiger charge is -2.42. The van der Waals surface area contributed by atoms with E-state index in [1.807, 2.05) is 0 Å². The van der Waals surface area contributed by atoms with Crippen molar-refractivity contribution in [2.24, 2.45) is 0 Å². The van der Waals surface area contributed by atoms with Crippen molar-refractivity contribution in [3.63, 3.8) is 0 Å². The van der Waals surface area contributed by atoms with Crippen molar-refractivity contribution < 1.29 is 83.8 Å². The van der Waals surface area contributed by atoms with Crippen LogP contribution in [0.3, 0.4) is 0 Å². The highest BCUT2D eigenvalue weighted by molar-refractivity contribution is 5.87. The van der Waals surface area contributed by atoms with E-state index in [1.54, 1.807) is 0 Å². The van der Waals surface area contributed by atoms with Gasteiger partial charge in [0.05, 0.1) is 26.4 Å². The summed E-state index contributed by atoms with van der Waals surface area (Å²) in [6.07, 6.45) is 5.82. The van der Waals surface area contributed by atoms with E-state index in [0.717, 1.165) is 44.9 Å². The van der Waals surface area contributed by atoms with Crippen molar-refractivity contribution in [1.29, 1.82) is 0 Å². The summed E-state index contributed by atoms with van der Waals surface area (Å²) in [4.78, 5) is 63.8. The minimum atomic E-state index is -2.22. The quantitative estimate of drug-likeness (QED) is 0.0308. The van der Waals surface area contributed by atoms with E-state index >= 15 is 0 Å². The molecule has 404 valence electrons. The third-order valence-corrected chi connectivity index (χ3v) is 12.2. The lowest BCUT2D eigenvalue weighted by Crippen LogP contribution is -2.62. The normalized spacial score (nSPS) is 20.3. The molecule has 69 heavy (non-hydrogen) atoms. The second kappa shape index (κ2) is 40.5. The first kappa shape index (κ1) is 64.0. The number of nitrogens with one attached hydrogen (secondary N) is 3. The van der Waals surface area contributed by atoms with Crippen molar-refractivity contribution in [3.05, 3.63) is 0 Å². The zero-order chi connectivity index (χ0) is 51.2. The van der Waals surface area contributed by atoms with E-state index in [-0.39, 0.29) is 45.4 Å². The van der Waals surface area contributed by atoms with Gasteiger partial charge in [0.2, 0.25) is 11.8 Å². The van der Waals surface area contributed by atoms with Gasteiger partial charge in [0, 0.05) is 32.4 Å². The fourth-order valence-electron chi connectivity index (χ4n) is 7.77. The van der Waals surface area contributed by atoms with Crippen LogP contribution in [0.4, 0.5) is 0 Å². The molecule has 1 aliphatic heterocycles. The highest BCUT2D eigenvalue weighted by atomic mass is 16.7. The smallest absolute Gasteiger partial charge is 0.328 e. The lowest BCUT2D eigenvalue weighted by atomic mass is 9.98. The van der Waals surface area contributed by atoms with Crippen LogP contribution in [-0.4, -0.2) is 171 Å². The number of unbranched alkanes of at least 4 members (excludes halogenated alkanes) is 19. The van der Waals surface area contributed by atoms with Gasteiger partial charge >= 0.3 is 11.9 Å². The Morgan fingerprint density at radius 3 is 1.59 bits per heavy atom. The number of hydrogen-bond acceptors (Lipinski definition) is 17. The standard InChI is InChI=1S/C49H91N3O17/c1-3-5-7-9-11-13-15-17-19-23-31-66-40(58)28-25-35(48(65)67-32-24-20-18-16-14-12-10-8-6-4-2)52-39(57)27-26-38(56)50-29-21-22-30-51-47(64)44(62)43(61)46(36(55)33-53)69-49-45(63)42(60)41(59)37(34-54)68-49/h35-37,41-46,49,53-55,59-63H,3-34H2,1-2H3,(H,50,56)(H,51,64)(H,52,57)/t35-,36+,37+,41-,42-,43+,44+,45+,46+,49-/m0/s1. The SMILES string of the molecule is CCCCCCCCCCCCOC(=O)CC[C@H](NC(=O)CCC(=O)NCCCCNC(=O)[C@H](O)[C@@H](O)[C@H](O[C@@H]1O[C@H](CO)[C@H](O)[C@H](O)[C@H]1O)[C@H](O)CO)C(=O)OCCCCCCCCCCCC. The Labute approximate surface area is 410 Å². The summed E-state index contributed by atoms with van der Waals surface area (Å²) >= 11 is 0. The van der Waals surface area contributed by atoms with Gasteiger partial charge in [0.1, 0.15) is 48.8 Å². The van der Waals surface area contributed by atoms with Crippen molar-refractivity contribution in [1.82, 2.24) is 16.0 Å². The van der Waals surface area contributed by atoms with Gasteiger partial charge < -0.3 is 75.8 Å². The molecule has 11 N–H and O–H groups in total. The Balaban J connectivity index is 2.52. The molecule has 1 rings (SSSR count). The maximum absolute atomic E-state index is 13.1. The van der Waals surface area contributed by atoms with Gasteiger partial charge in [0.15, 0.2) is 12.4 Å². The van der Waals surface area contributed by atoms with Gasteiger partial charge in [-0.05, 0) is 32.1 Å². The number of carbonyl (C=O) groups is 5. The van der Waals surface area contributed by atoms with Crippen LogP contribution in [0.25, 0.3) is 0 Å². The summed E-state index contributed by atoms with van der Waals surface area (Å²) < 4.78 is 21.4. The summed E-state index contributed by atoms with van der Waals surface area (Å²) in [5, 5.41) is 88.3. The van der Waals surface area contributed by atoms with E-state index in [2.05, 4.69) is 29.8 Å². The van der Waals surface area contributed by atoms with Crippen molar-refractivity contribution in [2.45, 2.75) is 242 Å². The van der Waals surface area contributed by atoms with Crippen LogP contribution in [0.15, 0.2) is 0 Å². The molecule has 0 saturated carbocycles. The van der Waals surface area contributed by atoms with Gasteiger partial charge in [-0.1, -0.05) is 129 Å². The van der Waals surface area contributed by atoms with Crippen LogP contribution >= 0.6 is 0 Å². The molecule has 1 aliphatic rings. The fourth-order valence-corrected chi connectivity index (χ4v) is 7.77. The number of carbonyl (C=O) groups excluding carboxylic acids is 5. The first-order valence-corrected chi connectivity index (χ1v) is 26.0. The number of ether oxygens (including phenoxy) is 4. The maximum atomic E-state index is 13.1. The van der Waals surface area contributed by atoms with Crippen LogP contribution in [0.2, 0.25) is 0 Å². The topological polar surface area (TPSA) is 320 Å². The highest BCUT2D eigenvalue weighted by Gasteiger charge is 2.47. The van der Waals surface area contributed by atoms with Crippen molar-refractivity contribution in [2.75, 3.05) is 39.5 Å². The number of amides is 3. The Morgan fingerprint density at radius 1 is 0.580 bits per heavy atom. The molecule has 10 atom stereocenters. The average molecular weight is 994 g/mol. The monoisotopic (exact) mass is 994 g/mol. The third kappa shape index (κ3) is 29.2. The van der Waals surface area contributed by atoms with E-state index < -0.39 is 104 Å². The summed E-state index contributed by atoms with van der Waals surface area (Å²) in [5.74, 6) is -3.22. The molecule has 3 amide bonds. The minimum Gasteiger partial charge on any atom is -0.466 e. The Morgan fingerprint density at radius 2 is 1.07 bits per heavy atom. The molecule has 1 fully saturated rings. The van der Waals surface area contributed by atoms with Gasteiger partial charge in [-0.25, -0.2) is 4.79 Å². The van der Waals surface area contributed by atoms with Gasteiger partial charge in [-0.3, -0.25) is 19.2 Å². The fraction of sp³-hybridized carbons (Fsp3) is 0.898. The predicted molar refractivity (Wildman–Crippen MR) is 255 cm³/mol. The van der Waals surface area contributed by atoms with E-state index in [0.29, 0.717) is 25.9 Å². The zero-order valence-corrected chi connectivity index (χ0v) is 41.7. The maximum Gasteiger partial charge on any atom is 0.328 e. The largest absolute Gasteiger partial charge is 0.466 e. The van der Waals surface area contributed by atoms with Crippen molar-refractivity contribution >= 4 is 29.7 Å². The molecule has 0 bridgehead atoms. The van der Waals surface area contributed by atoms with Crippen molar-refractivity contribution in [3.8, 4) is 0 Å². The van der Waals surface area contributed by atoms with E-state index in [1.165, 1.54) is 77.0 Å². The molecular formula is C49H91N3O17. The second-order valence-electron chi connectivity index (χ2n) is 18.2. The summed E-state index contributed by atoms with van der Waals surface area (Å²) in [6, 6.07) is -1.09. The predicted octanol–water partition coefficient (Wildman–Crippen LogP) is 2.23. The van der Waals surface area contributed by atoms with Crippen LogP contribution in [0, 0.1) is 0 Å². The highest BCUT2D eigenvalue weighted by Crippen LogP contribution is 2.25. The third-order valence-electron chi connectivity index (χ3n) is 12.2. The molecule has 1 heterocycles. The number of aliphatic hydroxyl groups excluding tert-OH is 8. The molecule has 20 nitrogen and oxygen atoms in total. The molecule has 0 radical (unpaired) electrons. The molecule has 0 aromatic rings. The number of rotatable bonds is 43. The molecule has 0 unspecified atom stereocenters. The van der Waals surface area contributed by atoms with E-state index in [9.17, 15) is 64.8 Å². The van der Waals surface area contributed by atoms with Crippen LogP contribution in [0.1, 0.15) is 181 Å². The Hall–Kier alpha value is -3.05. The zero-order valence-electron chi connectivity index (χ0n) is 41.7. The van der Waals surface area contributed by atoms with Gasteiger partial charge in [-0.2, -0.15) is 0 Å². The van der Waals surface area contributed by atoms with Gasteiger partial charge in [-0.15, -0.1) is 0 Å². The Bertz CT molecular complexity index is 1360. The van der Waals surface area contributed by atoms with Crippen LogP contribution in [0.5, 0.6) is 0 Å². The molecule has 1 saturated heterocycles. The molecular weight excluding hydrogens is 903 g/mol. The second-order valence-corrected chi connectivity index (χ2v) is 18.2.